The molecule has 0 aromatic heterocycles. The summed E-state index contributed by atoms with van der Waals surface area (Å²) >= 11 is 0. The van der Waals surface area contributed by atoms with Crippen LogP contribution in [0.1, 0.15) is 24.8 Å². The number of hydrogen-bond donors (Lipinski definition) is 1. The number of ether oxygens (including phenoxy) is 1. The molecule has 0 spiro atoms. The number of methoxy groups -OCH3 is 1. The van der Waals surface area contributed by atoms with Gasteiger partial charge in [-0.15, -0.1) is 0 Å². The molecule has 1 fully saturated rings. The number of halogens is 2. The maximum absolute atomic E-state index is 13.8. The minimum atomic E-state index is -1.26. The van der Waals surface area contributed by atoms with Gasteiger partial charge >= 0.3 is 5.97 Å². The molecule has 1 aromatic carbocycles. The van der Waals surface area contributed by atoms with Gasteiger partial charge in [0.1, 0.15) is 17.4 Å². The normalized spacial score (nSPS) is 17.4. The van der Waals surface area contributed by atoms with E-state index in [1.54, 1.807) is 0 Å². The molecule has 0 aliphatic heterocycles. The smallest absolute Gasteiger partial charge is 0.314 e. The maximum Gasteiger partial charge on any atom is 0.314 e. The lowest BCUT2D eigenvalue weighted by molar-refractivity contribution is -0.147. The largest absolute Gasteiger partial charge is 0.496 e. The number of benzene rings is 1. The molecular formula is C12H12F2O3. The predicted octanol–water partition coefficient (Wildman–Crippen LogP) is 2.48. The van der Waals surface area contributed by atoms with Gasteiger partial charge in [-0.05, 0) is 12.8 Å². The van der Waals surface area contributed by atoms with Crippen molar-refractivity contribution in [2.45, 2.75) is 24.7 Å². The Labute approximate surface area is 97.0 Å². The van der Waals surface area contributed by atoms with E-state index in [2.05, 4.69) is 0 Å². The molecule has 17 heavy (non-hydrogen) atoms. The van der Waals surface area contributed by atoms with Gasteiger partial charge in [0.25, 0.3) is 0 Å². The summed E-state index contributed by atoms with van der Waals surface area (Å²) in [6.07, 6.45) is 1.41. The molecule has 1 aliphatic rings. The Kier molecular flexibility index (Phi) is 2.77. The molecule has 0 unspecified atom stereocenters. The topological polar surface area (TPSA) is 46.5 Å². The molecule has 0 atom stereocenters. The highest BCUT2D eigenvalue weighted by Crippen LogP contribution is 2.48. The third kappa shape index (κ3) is 1.66. The van der Waals surface area contributed by atoms with Crippen molar-refractivity contribution in [1.29, 1.82) is 0 Å². The molecule has 1 saturated carbocycles. The van der Waals surface area contributed by atoms with Crippen LogP contribution in [0.2, 0.25) is 0 Å². The highest BCUT2D eigenvalue weighted by Gasteiger charge is 2.49. The van der Waals surface area contributed by atoms with Crippen molar-refractivity contribution in [3.8, 4) is 5.75 Å². The van der Waals surface area contributed by atoms with Gasteiger partial charge in [0.2, 0.25) is 0 Å². The minimum Gasteiger partial charge on any atom is -0.496 e. The Hall–Kier alpha value is -1.65. The van der Waals surface area contributed by atoms with Gasteiger partial charge in [-0.3, -0.25) is 4.79 Å². The van der Waals surface area contributed by atoms with Crippen LogP contribution in [-0.2, 0) is 10.2 Å². The third-order valence-corrected chi connectivity index (χ3v) is 3.33. The third-order valence-electron chi connectivity index (χ3n) is 3.33. The second-order valence-electron chi connectivity index (χ2n) is 4.21. The summed E-state index contributed by atoms with van der Waals surface area (Å²) in [4.78, 5) is 11.3. The van der Waals surface area contributed by atoms with Gasteiger partial charge in [0, 0.05) is 17.7 Å². The van der Waals surface area contributed by atoms with Gasteiger partial charge < -0.3 is 9.84 Å². The molecule has 3 nitrogen and oxygen atoms in total. The van der Waals surface area contributed by atoms with Crippen LogP contribution in [0.4, 0.5) is 8.78 Å². The van der Waals surface area contributed by atoms with Crippen molar-refractivity contribution in [2.24, 2.45) is 0 Å². The van der Waals surface area contributed by atoms with Crippen LogP contribution in [-0.4, -0.2) is 18.2 Å². The van der Waals surface area contributed by atoms with Crippen LogP contribution in [0, 0.1) is 11.6 Å². The van der Waals surface area contributed by atoms with E-state index in [0.717, 1.165) is 6.07 Å². The van der Waals surface area contributed by atoms with Gasteiger partial charge in [-0.25, -0.2) is 8.78 Å². The van der Waals surface area contributed by atoms with E-state index in [-0.39, 0.29) is 11.3 Å². The van der Waals surface area contributed by atoms with Crippen molar-refractivity contribution >= 4 is 5.97 Å². The van der Waals surface area contributed by atoms with Crippen molar-refractivity contribution in [1.82, 2.24) is 0 Å². The quantitative estimate of drug-likeness (QED) is 0.885. The molecule has 0 heterocycles. The Morgan fingerprint density at radius 2 is 2.06 bits per heavy atom. The van der Waals surface area contributed by atoms with Crippen LogP contribution in [0.3, 0.4) is 0 Å². The molecular weight excluding hydrogens is 230 g/mol. The van der Waals surface area contributed by atoms with Crippen molar-refractivity contribution in [3.05, 3.63) is 29.3 Å². The van der Waals surface area contributed by atoms with Crippen molar-refractivity contribution < 1.29 is 23.4 Å². The van der Waals surface area contributed by atoms with Crippen LogP contribution in [0.25, 0.3) is 0 Å². The maximum atomic E-state index is 13.8. The number of carbonyl (C=O) groups is 1. The average Bonchev–Trinajstić information content (AvgIpc) is 2.18. The summed E-state index contributed by atoms with van der Waals surface area (Å²) in [6, 6.07) is 1.71. The summed E-state index contributed by atoms with van der Waals surface area (Å²) in [6.45, 7) is 0. The molecule has 0 saturated heterocycles. The lowest BCUT2D eigenvalue weighted by Gasteiger charge is -2.38. The lowest BCUT2D eigenvalue weighted by Crippen LogP contribution is -2.43. The number of aliphatic carboxylic acids is 1. The summed E-state index contributed by atoms with van der Waals surface area (Å²) in [7, 11) is 1.27. The molecule has 0 radical (unpaired) electrons. The van der Waals surface area contributed by atoms with Gasteiger partial charge in [-0.2, -0.15) is 0 Å². The van der Waals surface area contributed by atoms with E-state index >= 15 is 0 Å². The highest BCUT2D eigenvalue weighted by atomic mass is 19.1. The standard InChI is InChI=1S/C12H12F2O3/c1-17-9-6-7(13)5-8(14)10(9)12(11(15)16)3-2-4-12/h5-6H,2-4H2,1H3,(H,15,16). The SMILES string of the molecule is COc1cc(F)cc(F)c1C1(C(=O)O)CCC1. The zero-order chi connectivity index (χ0) is 12.6. The Balaban J connectivity index is 2.61. The van der Waals surface area contributed by atoms with E-state index in [0.29, 0.717) is 25.3 Å². The Bertz CT molecular complexity index is 467. The molecule has 1 aliphatic carbocycles. The second kappa shape index (κ2) is 3.98. The first-order valence-electron chi connectivity index (χ1n) is 5.28. The average molecular weight is 242 g/mol. The fourth-order valence-corrected chi connectivity index (χ4v) is 2.28. The van der Waals surface area contributed by atoms with Gasteiger partial charge in [0.05, 0.1) is 12.5 Å². The first-order valence-corrected chi connectivity index (χ1v) is 5.28. The predicted molar refractivity (Wildman–Crippen MR) is 56.1 cm³/mol. The molecule has 2 rings (SSSR count). The minimum absolute atomic E-state index is 0.0374. The van der Waals surface area contributed by atoms with E-state index in [4.69, 9.17) is 4.74 Å². The number of rotatable bonds is 3. The monoisotopic (exact) mass is 242 g/mol. The summed E-state index contributed by atoms with van der Waals surface area (Å²) in [5, 5.41) is 9.23. The van der Waals surface area contributed by atoms with Gasteiger partial charge in [0.15, 0.2) is 0 Å². The van der Waals surface area contributed by atoms with Crippen LogP contribution in [0.5, 0.6) is 5.75 Å². The molecule has 5 heteroatoms. The van der Waals surface area contributed by atoms with E-state index in [9.17, 15) is 18.7 Å². The number of carboxylic acid groups (broad SMARTS) is 1. The Morgan fingerprint density at radius 1 is 1.41 bits per heavy atom. The molecule has 0 amide bonds. The zero-order valence-corrected chi connectivity index (χ0v) is 9.30. The van der Waals surface area contributed by atoms with Crippen LogP contribution >= 0.6 is 0 Å². The number of hydrogen-bond acceptors (Lipinski definition) is 2. The fourth-order valence-electron chi connectivity index (χ4n) is 2.28. The molecule has 1 aromatic rings. The summed E-state index contributed by atoms with van der Waals surface area (Å²) in [5.41, 5.74) is -1.30. The number of carboxylic acids is 1. The van der Waals surface area contributed by atoms with E-state index < -0.39 is 23.0 Å². The summed E-state index contributed by atoms with van der Waals surface area (Å²) < 4.78 is 31.7. The zero-order valence-electron chi connectivity index (χ0n) is 9.30. The van der Waals surface area contributed by atoms with Crippen molar-refractivity contribution in [2.75, 3.05) is 7.11 Å². The Morgan fingerprint density at radius 3 is 2.47 bits per heavy atom. The molecule has 0 bridgehead atoms. The van der Waals surface area contributed by atoms with Crippen molar-refractivity contribution in [3.63, 3.8) is 0 Å². The van der Waals surface area contributed by atoms with E-state index in [1.807, 2.05) is 0 Å². The van der Waals surface area contributed by atoms with E-state index in [1.165, 1.54) is 7.11 Å². The second-order valence-corrected chi connectivity index (χ2v) is 4.21. The summed E-state index contributed by atoms with van der Waals surface area (Å²) in [5.74, 6) is -2.76. The molecule has 1 N–H and O–H groups in total. The fraction of sp³-hybridized carbons (Fsp3) is 0.417. The van der Waals surface area contributed by atoms with Crippen LogP contribution in [0.15, 0.2) is 12.1 Å². The highest BCUT2D eigenvalue weighted by molar-refractivity contribution is 5.83. The first kappa shape index (κ1) is 11.8. The van der Waals surface area contributed by atoms with Gasteiger partial charge in [-0.1, -0.05) is 6.42 Å². The lowest BCUT2D eigenvalue weighted by atomic mass is 9.64. The first-order chi connectivity index (χ1) is 8.01. The molecule has 92 valence electrons. The van der Waals surface area contributed by atoms with Crippen LogP contribution < -0.4 is 4.74 Å².